The van der Waals surface area contributed by atoms with Crippen LogP contribution in [0.1, 0.15) is 19.4 Å². The number of imidazole rings is 1. The first kappa shape index (κ1) is 32.2. The summed E-state index contributed by atoms with van der Waals surface area (Å²) in [5.41, 5.74) is 4.75. The van der Waals surface area contributed by atoms with Crippen molar-refractivity contribution in [2.45, 2.75) is 56.1 Å². The van der Waals surface area contributed by atoms with Crippen molar-refractivity contribution in [3.8, 4) is 11.8 Å². The number of ether oxygens (including phenoxy) is 3. The number of alkyl halides is 1. The lowest BCUT2D eigenvalue weighted by atomic mass is 10.1. The highest BCUT2D eigenvalue weighted by atomic mass is 32.7. The van der Waals surface area contributed by atoms with Gasteiger partial charge < -0.3 is 30.2 Å². The Balaban J connectivity index is 1.34. The summed E-state index contributed by atoms with van der Waals surface area (Å²) in [7, 11) is 0. The number of hydrogen-bond donors (Lipinski definition) is 4. The van der Waals surface area contributed by atoms with E-state index in [9.17, 15) is 24.4 Å². The van der Waals surface area contributed by atoms with Crippen LogP contribution in [-0.4, -0.2) is 102 Å². The molecule has 0 spiro atoms. The molecule has 0 saturated carbocycles. The molecule has 2 fully saturated rings. The van der Waals surface area contributed by atoms with Gasteiger partial charge in [0.15, 0.2) is 30.1 Å². The minimum Gasteiger partial charge on any atom is -0.394 e. The first-order valence-corrected chi connectivity index (χ1v) is 16.5. The number of nitrogens with zero attached hydrogens (tertiary/aromatic N) is 5. The van der Waals surface area contributed by atoms with Crippen LogP contribution >= 0.6 is 18.2 Å². The monoisotopic (exact) mass is 657 g/mol. The van der Waals surface area contributed by atoms with Crippen molar-refractivity contribution in [3.05, 3.63) is 45.8 Å². The largest absolute Gasteiger partial charge is 0.394 e. The minimum absolute atomic E-state index is 0.0782. The second-order valence-corrected chi connectivity index (χ2v) is 13.7. The van der Waals surface area contributed by atoms with Crippen molar-refractivity contribution < 1.29 is 42.4 Å². The molecule has 20 heteroatoms. The van der Waals surface area contributed by atoms with Gasteiger partial charge in [0.1, 0.15) is 49.0 Å². The molecular formula is C24H29FN7O10PS. The summed E-state index contributed by atoms with van der Waals surface area (Å²) in [6, 6.07) is 1.10. The van der Waals surface area contributed by atoms with E-state index >= 15 is 4.39 Å². The SMILES string of the molecule is CC#CCOC1C(OP(=O)(OC[C@H]2O[C@@H](n3cnc4c(N)ncnc43)C(F)C2O)SC)[C@@H](CO)O[C@H]1n1ccc(=O)[nH]c1=O. The Morgan fingerprint density at radius 1 is 1.20 bits per heavy atom. The van der Waals surface area contributed by atoms with E-state index in [1.165, 1.54) is 29.7 Å². The van der Waals surface area contributed by atoms with E-state index in [1.54, 1.807) is 6.92 Å². The van der Waals surface area contributed by atoms with E-state index in [0.717, 1.165) is 10.6 Å². The highest BCUT2D eigenvalue weighted by Crippen LogP contribution is 2.62. The lowest BCUT2D eigenvalue weighted by molar-refractivity contribution is -0.0677. The van der Waals surface area contributed by atoms with E-state index in [2.05, 4.69) is 31.8 Å². The molecule has 3 aromatic rings. The quantitative estimate of drug-likeness (QED) is 0.154. The number of rotatable bonds is 11. The number of hydrogen-bond acceptors (Lipinski definition) is 15. The fourth-order valence-corrected chi connectivity index (χ4v) is 6.97. The first-order chi connectivity index (χ1) is 21.1. The zero-order valence-corrected chi connectivity index (χ0v) is 25.0. The highest BCUT2D eigenvalue weighted by molar-refractivity contribution is 8.54. The van der Waals surface area contributed by atoms with Crippen LogP contribution in [0.5, 0.6) is 0 Å². The number of nitrogens with two attached hydrogens (primary N) is 1. The average Bonchev–Trinajstić information content (AvgIpc) is 3.67. The van der Waals surface area contributed by atoms with Crippen molar-refractivity contribution in [1.82, 2.24) is 29.1 Å². The van der Waals surface area contributed by atoms with E-state index in [1.807, 2.05) is 0 Å². The molecule has 17 nitrogen and oxygen atoms in total. The summed E-state index contributed by atoms with van der Waals surface area (Å²) in [5, 5.41) is 20.7. The minimum atomic E-state index is -4.14. The van der Waals surface area contributed by atoms with Crippen molar-refractivity contribution in [1.29, 1.82) is 0 Å². The summed E-state index contributed by atoms with van der Waals surface area (Å²) in [4.78, 5) is 38.2. The Kier molecular flexibility index (Phi) is 9.84. The number of fused-ring (bicyclic) bond motifs is 1. The van der Waals surface area contributed by atoms with Gasteiger partial charge in [0, 0.05) is 12.3 Å². The Morgan fingerprint density at radius 3 is 2.68 bits per heavy atom. The molecule has 5 unspecified atom stereocenters. The van der Waals surface area contributed by atoms with Crippen LogP contribution in [0.15, 0.2) is 34.5 Å². The Labute approximate surface area is 252 Å². The van der Waals surface area contributed by atoms with Crippen molar-refractivity contribution in [2.75, 3.05) is 31.8 Å². The van der Waals surface area contributed by atoms with Crippen molar-refractivity contribution in [2.24, 2.45) is 0 Å². The third-order valence-electron chi connectivity index (χ3n) is 6.94. The number of aliphatic hydroxyl groups excluding tert-OH is 2. The summed E-state index contributed by atoms with van der Waals surface area (Å²) >= 11 is 0.689. The second kappa shape index (κ2) is 13.4. The van der Waals surface area contributed by atoms with Gasteiger partial charge in [-0.05, 0) is 24.6 Å². The van der Waals surface area contributed by atoms with Crippen LogP contribution < -0.4 is 17.0 Å². The standard InChI is InChI=1S/C24H29FN7O10PS/c1-3-4-7-38-19-18(12(8-33)40-23(19)31-6-5-14(34)30-24(31)36)42-43(37,44-2)39-9-13-17(35)15(25)22(41-13)32-11-29-16-20(26)27-10-28-21(16)32/h5-6,10-13,15,17-19,22-23,33,35H,7-9H2,1-2H3,(H2,26,27,28)(H,30,34,36)/t12-,13-,15?,17?,18?,19?,22-,23-,43?/m1/s1. The normalized spacial score (nSPS) is 29.8. The number of anilines is 1. The molecule has 3 aromatic heterocycles. The van der Waals surface area contributed by atoms with E-state index in [-0.39, 0.29) is 23.6 Å². The molecule has 5 heterocycles. The van der Waals surface area contributed by atoms with Gasteiger partial charge in [-0.3, -0.25) is 28.0 Å². The molecule has 238 valence electrons. The number of H-pyrrole nitrogens is 1. The predicted molar refractivity (Wildman–Crippen MR) is 152 cm³/mol. The molecule has 2 aliphatic rings. The van der Waals surface area contributed by atoms with Gasteiger partial charge in [0.25, 0.3) is 5.56 Å². The number of aromatic amines is 1. The number of nitrogen functional groups attached to an aromatic ring is 1. The zero-order chi connectivity index (χ0) is 31.6. The fraction of sp³-hybridized carbons (Fsp3) is 0.542. The predicted octanol–water partition coefficient (Wildman–Crippen LogP) is -0.274. The van der Waals surface area contributed by atoms with Crippen molar-refractivity contribution >= 4 is 35.2 Å². The van der Waals surface area contributed by atoms with Gasteiger partial charge in [-0.1, -0.05) is 5.92 Å². The second-order valence-electron chi connectivity index (χ2n) is 9.55. The number of nitrogens with one attached hydrogen (secondary N) is 1. The maximum atomic E-state index is 15.2. The molecule has 2 saturated heterocycles. The third kappa shape index (κ3) is 6.31. The van der Waals surface area contributed by atoms with E-state index < -0.39 is 80.4 Å². The molecule has 9 atom stereocenters. The summed E-state index contributed by atoms with van der Waals surface area (Å²) in [5.74, 6) is 5.44. The lowest BCUT2D eigenvalue weighted by Crippen LogP contribution is -2.40. The van der Waals surface area contributed by atoms with Gasteiger partial charge in [0.05, 0.1) is 19.5 Å². The molecule has 0 aromatic carbocycles. The highest BCUT2D eigenvalue weighted by Gasteiger charge is 2.51. The molecule has 0 bridgehead atoms. The Morgan fingerprint density at radius 2 is 1.98 bits per heavy atom. The van der Waals surface area contributed by atoms with Crippen LogP contribution in [-0.2, 0) is 27.8 Å². The van der Waals surface area contributed by atoms with Gasteiger partial charge in [-0.2, -0.15) is 0 Å². The molecule has 0 aliphatic carbocycles. The van der Waals surface area contributed by atoms with Gasteiger partial charge in [0.2, 0.25) is 0 Å². The van der Waals surface area contributed by atoms with Gasteiger partial charge in [-0.25, -0.2) is 28.7 Å². The van der Waals surface area contributed by atoms with Gasteiger partial charge >= 0.3 is 12.5 Å². The molecule has 5 rings (SSSR count). The molecule has 5 N–H and O–H groups in total. The van der Waals surface area contributed by atoms with Crippen molar-refractivity contribution in [3.63, 3.8) is 0 Å². The average molecular weight is 658 g/mol. The smallest absolute Gasteiger partial charge is 0.389 e. The van der Waals surface area contributed by atoms with E-state index in [4.69, 9.17) is 29.0 Å². The Hall–Kier alpha value is -3.18. The molecular weight excluding hydrogens is 628 g/mol. The summed E-state index contributed by atoms with van der Waals surface area (Å²) in [6.07, 6.45) is -6.02. The lowest BCUT2D eigenvalue weighted by Gasteiger charge is -2.27. The molecule has 0 amide bonds. The van der Waals surface area contributed by atoms with E-state index in [0.29, 0.717) is 11.4 Å². The zero-order valence-electron chi connectivity index (χ0n) is 23.3. The first-order valence-electron chi connectivity index (χ1n) is 13.1. The van der Waals surface area contributed by atoms with Crippen LogP contribution in [0.3, 0.4) is 0 Å². The Bertz CT molecular complexity index is 1710. The molecule has 0 radical (unpaired) electrons. The fourth-order valence-electron chi connectivity index (χ4n) is 4.78. The van der Waals surface area contributed by atoms with Gasteiger partial charge in [-0.15, -0.1) is 5.92 Å². The summed E-state index contributed by atoms with van der Waals surface area (Å²) < 4.78 is 60.2. The number of aliphatic hydroxyl groups is 2. The number of aromatic nitrogens is 6. The maximum Gasteiger partial charge on any atom is 0.389 e. The third-order valence-corrected chi connectivity index (χ3v) is 10.3. The maximum absolute atomic E-state index is 15.2. The van der Waals surface area contributed by atoms with Crippen LogP contribution in [0, 0.1) is 11.8 Å². The summed E-state index contributed by atoms with van der Waals surface area (Å²) in [6.45, 7) is -3.89. The molecule has 2 aliphatic heterocycles. The topological polar surface area (TPSA) is 228 Å². The van der Waals surface area contributed by atoms with Crippen LogP contribution in [0.4, 0.5) is 10.2 Å². The van der Waals surface area contributed by atoms with Crippen LogP contribution in [0.2, 0.25) is 0 Å². The number of halogens is 1. The molecule has 44 heavy (non-hydrogen) atoms. The van der Waals surface area contributed by atoms with Crippen LogP contribution in [0.25, 0.3) is 11.2 Å².